The molecule has 0 bridgehead atoms. The molecule has 1 unspecified atom stereocenters. The predicted molar refractivity (Wildman–Crippen MR) is 108 cm³/mol. The van der Waals surface area contributed by atoms with Crippen molar-refractivity contribution < 1.29 is 9.53 Å². The number of halogens is 1. The van der Waals surface area contributed by atoms with Gasteiger partial charge in [-0.3, -0.25) is 9.36 Å². The van der Waals surface area contributed by atoms with Crippen molar-refractivity contribution in [2.24, 2.45) is 0 Å². The molecule has 0 saturated heterocycles. The molecule has 140 valence electrons. The molecule has 0 aliphatic carbocycles. The number of hydrogen-bond donors (Lipinski definition) is 1. The quantitative estimate of drug-likeness (QED) is 0.620. The molecule has 1 amide bonds. The van der Waals surface area contributed by atoms with Gasteiger partial charge in [0.05, 0.1) is 23.7 Å². The molecule has 1 atom stereocenters. The second-order valence-electron chi connectivity index (χ2n) is 5.86. The number of nitrogens with one attached hydrogen (secondary N) is 1. The highest BCUT2D eigenvalue weighted by Crippen LogP contribution is 2.30. The van der Waals surface area contributed by atoms with Crippen LogP contribution in [0.15, 0.2) is 53.9 Å². The molecule has 1 N–H and O–H groups in total. The Labute approximate surface area is 166 Å². The van der Waals surface area contributed by atoms with Crippen molar-refractivity contribution in [1.82, 2.24) is 14.8 Å². The van der Waals surface area contributed by atoms with Crippen LogP contribution in [-0.2, 0) is 4.79 Å². The van der Waals surface area contributed by atoms with Crippen LogP contribution in [0.3, 0.4) is 0 Å². The molecule has 3 rings (SSSR count). The zero-order chi connectivity index (χ0) is 19.4. The fourth-order valence-electron chi connectivity index (χ4n) is 2.53. The summed E-state index contributed by atoms with van der Waals surface area (Å²) in [5.74, 6) is 0.368. The molecule has 0 spiro atoms. The lowest BCUT2D eigenvalue weighted by Crippen LogP contribution is -2.23. The maximum atomic E-state index is 12.6. The van der Waals surface area contributed by atoms with Crippen LogP contribution in [-0.4, -0.2) is 33.0 Å². The Morgan fingerprint density at radius 2 is 2.07 bits per heavy atom. The van der Waals surface area contributed by atoms with Crippen LogP contribution in [0.25, 0.3) is 5.69 Å². The summed E-state index contributed by atoms with van der Waals surface area (Å²) < 4.78 is 7.15. The first-order valence-electron chi connectivity index (χ1n) is 8.26. The van der Waals surface area contributed by atoms with Crippen LogP contribution >= 0.6 is 23.4 Å². The third-order valence-corrected chi connectivity index (χ3v) is 5.25. The standard InChI is InChI=1S/C19H19ClN4O2S/c1-12-6-4-5-7-16(12)24-11-21-23-19(24)27-13(2)18(25)22-15-10-14(20)8-9-17(15)26-3/h4-11,13H,1-3H3,(H,22,25). The Bertz CT molecular complexity index is 960. The van der Waals surface area contributed by atoms with Crippen LogP contribution in [0.2, 0.25) is 5.02 Å². The summed E-state index contributed by atoms with van der Waals surface area (Å²) in [6.07, 6.45) is 1.65. The van der Waals surface area contributed by atoms with Crippen LogP contribution in [0.5, 0.6) is 5.75 Å². The summed E-state index contributed by atoms with van der Waals surface area (Å²) in [6, 6.07) is 13.0. The Morgan fingerprint density at radius 1 is 1.30 bits per heavy atom. The van der Waals surface area contributed by atoms with Crippen molar-refractivity contribution in [2.45, 2.75) is 24.3 Å². The summed E-state index contributed by atoms with van der Waals surface area (Å²) in [7, 11) is 1.54. The first-order valence-corrected chi connectivity index (χ1v) is 9.52. The van der Waals surface area contributed by atoms with Crippen molar-refractivity contribution >= 4 is 35.0 Å². The summed E-state index contributed by atoms with van der Waals surface area (Å²) in [6.45, 7) is 3.83. The zero-order valence-corrected chi connectivity index (χ0v) is 16.7. The minimum atomic E-state index is -0.402. The van der Waals surface area contributed by atoms with Gasteiger partial charge in [-0.25, -0.2) is 0 Å². The number of ether oxygens (including phenoxy) is 1. The minimum absolute atomic E-state index is 0.181. The van der Waals surface area contributed by atoms with Gasteiger partial charge in [-0.05, 0) is 43.7 Å². The van der Waals surface area contributed by atoms with Crippen LogP contribution in [0.1, 0.15) is 12.5 Å². The number of aromatic nitrogens is 3. The number of amides is 1. The predicted octanol–water partition coefficient (Wildman–Crippen LogP) is 4.36. The Morgan fingerprint density at radius 3 is 2.81 bits per heavy atom. The van der Waals surface area contributed by atoms with Gasteiger partial charge in [0.25, 0.3) is 0 Å². The molecule has 0 saturated carbocycles. The smallest absolute Gasteiger partial charge is 0.237 e. The van der Waals surface area contributed by atoms with E-state index in [4.69, 9.17) is 16.3 Å². The maximum Gasteiger partial charge on any atom is 0.237 e. The van der Waals surface area contributed by atoms with Gasteiger partial charge in [-0.15, -0.1) is 10.2 Å². The number of aryl methyl sites for hydroxylation is 1. The first-order chi connectivity index (χ1) is 13.0. The third kappa shape index (κ3) is 4.43. The van der Waals surface area contributed by atoms with Gasteiger partial charge in [-0.2, -0.15) is 0 Å². The van der Waals surface area contributed by atoms with E-state index < -0.39 is 5.25 Å². The van der Waals surface area contributed by atoms with E-state index in [0.29, 0.717) is 21.6 Å². The molecule has 27 heavy (non-hydrogen) atoms. The molecule has 0 fully saturated rings. The molecular weight excluding hydrogens is 384 g/mol. The maximum absolute atomic E-state index is 12.6. The Kier molecular flexibility index (Phi) is 6.03. The van der Waals surface area contributed by atoms with Crippen molar-refractivity contribution in [1.29, 1.82) is 0 Å². The second-order valence-corrected chi connectivity index (χ2v) is 7.61. The highest BCUT2D eigenvalue weighted by Gasteiger charge is 2.20. The van der Waals surface area contributed by atoms with Gasteiger partial charge >= 0.3 is 0 Å². The van der Waals surface area contributed by atoms with Crippen LogP contribution < -0.4 is 10.1 Å². The lowest BCUT2D eigenvalue weighted by molar-refractivity contribution is -0.115. The van der Waals surface area contributed by atoms with E-state index in [1.165, 1.54) is 11.8 Å². The van der Waals surface area contributed by atoms with Gasteiger partial charge in [-0.1, -0.05) is 41.6 Å². The third-order valence-electron chi connectivity index (χ3n) is 3.96. The summed E-state index contributed by atoms with van der Waals surface area (Å²) >= 11 is 7.35. The number of methoxy groups -OCH3 is 1. The topological polar surface area (TPSA) is 69.0 Å². The fraction of sp³-hybridized carbons (Fsp3) is 0.211. The van der Waals surface area contributed by atoms with Crippen LogP contribution in [0.4, 0.5) is 5.69 Å². The van der Waals surface area contributed by atoms with Gasteiger partial charge in [0, 0.05) is 5.02 Å². The van der Waals surface area contributed by atoms with E-state index in [0.717, 1.165) is 11.3 Å². The number of rotatable bonds is 6. The molecular formula is C19H19ClN4O2S. The number of hydrogen-bond acceptors (Lipinski definition) is 5. The number of carbonyl (C=O) groups is 1. The average Bonchev–Trinajstić information content (AvgIpc) is 3.10. The molecule has 3 aromatic rings. The Hall–Kier alpha value is -2.51. The largest absolute Gasteiger partial charge is 0.495 e. The summed E-state index contributed by atoms with van der Waals surface area (Å²) in [5.41, 5.74) is 2.61. The van der Waals surface area contributed by atoms with E-state index in [1.54, 1.807) is 31.6 Å². The van der Waals surface area contributed by atoms with Gasteiger partial charge in [0.15, 0.2) is 5.16 Å². The lowest BCUT2D eigenvalue weighted by Gasteiger charge is -2.15. The van der Waals surface area contributed by atoms with E-state index >= 15 is 0 Å². The van der Waals surface area contributed by atoms with Gasteiger partial charge < -0.3 is 10.1 Å². The molecule has 0 aliphatic rings. The monoisotopic (exact) mass is 402 g/mol. The van der Waals surface area contributed by atoms with E-state index in [1.807, 2.05) is 42.7 Å². The van der Waals surface area contributed by atoms with Crippen molar-refractivity contribution in [3.8, 4) is 11.4 Å². The highest BCUT2D eigenvalue weighted by atomic mass is 35.5. The molecule has 8 heteroatoms. The van der Waals surface area contributed by atoms with Crippen molar-refractivity contribution in [3.63, 3.8) is 0 Å². The van der Waals surface area contributed by atoms with E-state index in [9.17, 15) is 4.79 Å². The van der Waals surface area contributed by atoms with Crippen LogP contribution in [0, 0.1) is 6.92 Å². The Balaban J connectivity index is 1.76. The molecule has 2 aromatic carbocycles. The van der Waals surface area contributed by atoms with Crippen molar-refractivity contribution in [2.75, 3.05) is 12.4 Å². The molecule has 1 aromatic heterocycles. The van der Waals surface area contributed by atoms with Gasteiger partial charge in [0.1, 0.15) is 12.1 Å². The summed E-state index contributed by atoms with van der Waals surface area (Å²) in [4.78, 5) is 12.6. The van der Waals surface area contributed by atoms with E-state index in [-0.39, 0.29) is 5.91 Å². The summed E-state index contributed by atoms with van der Waals surface area (Å²) in [5, 5.41) is 11.8. The van der Waals surface area contributed by atoms with Crippen molar-refractivity contribution in [3.05, 3.63) is 59.4 Å². The minimum Gasteiger partial charge on any atom is -0.495 e. The fourth-order valence-corrected chi connectivity index (χ4v) is 3.54. The normalized spacial score (nSPS) is 11.9. The number of benzene rings is 2. The average molecular weight is 403 g/mol. The molecule has 1 heterocycles. The SMILES string of the molecule is COc1ccc(Cl)cc1NC(=O)C(C)Sc1nncn1-c1ccccc1C. The van der Waals surface area contributed by atoms with Gasteiger partial charge in [0.2, 0.25) is 5.91 Å². The number of para-hydroxylation sites is 1. The zero-order valence-electron chi connectivity index (χ0n) is 15.1. The lowest BCUT2D eigenvalue weighted by atomic mass is 10.2. The number of carbonyl (C=O) groups excluding carboxylic acids is 1. The highest BCUT2D eigenvalue weighted by molar-refractivity contribution is 8.00. The first kappa shape index (κ1) is 19.3. The number of anilines is 1. The molecule has 0 radical (unpaired) electrons. The van der Waals surface area contributed by atoms with E-state index in [2.05, 4.69) is 15.5 Å². The molecule has 0 aliphatic heterocycles. The second kappa shape index (κ2) is 8.45. The number of thioether (sulfide) groups is 1. The molecule has 6 nitrogen and oxygen atoms in total. The number of nitrogens with zero attached hydrogens (tertiary/aromatic N) is 3.